The van der Waals surface area contributed by atoms with Crippen LogP contribution in [-0.2, 0) is 4.79 Å². The quantitative estimate of drug-likeness (QED) is 0.803. The number of para-hydroxylation sites is 1. The van der Waals surface area contributed by atoms with Gasteiger partial charge >= 0.3 is 0 Å². The second-order valence-corrected chi connectivity index (χ2v) is 5.43. The molecule has 0 saturated heterocycles. The molecule has 2 aromatic carbocycles. The minimum absolute atomic E-state index is 0.0233. The van der Waals surface area contributed by atoms with Crippen molar-refractivity contribution >= 4 is 23.0 Å². The van der Waals surface area contributed by atoms with E-state index in [9.17, 15) is 4.79 Å². The highest BCUT2D eigenvalue weighted by Crippen LogP contribution is 2.20. The monoisotopic (exact) mass is 297 g/mol. The molecule has 116 valence electrons. The number of hydrogen-bond donors (Lipinski definition) is 2. The predicted octanol–water partition coefficient (Wildman–Crippen LogP) is 3.43. The van der Waals surface area contributed by atoms with E-state index < -0.39 is 0 Å². The maximum atomic E-state index is 12.0. The summed E-state index contributed by atoms with van der Waals surface area (Å²) in [6.45, 7) is 2.75. The number of nitrogens with zero attached hydrogens (tertiary/aromatic N) is 1. The first-order valence-electron chi connectivity index (χ1n) is 7.49. The summed E-state index contributed by atoms with van der Waals surface area (Å²) in [5.41, 5.74) is 9.41. The topological polar surface area (TPSA) is 58.4 Å². The third-order valence-corrected chi connectivity index (χ3v) is 3.74. The number of anilines is 3. The third kappa shape index (κ3) is 4.25. The fraction of sp³-hybridized carbons (Fsp3) is 0.278. The number of carbonyl (C=O) groups is 1. The van der Waals surface area contributed by atoms with E-state index in [0.717, 1.165) is 29.9 Å². The molecule has 0 aromatic heterocycles. The SMILES string of the molecule is Cc1c(N)cccc1NC(=O)CCCN(C)c1ccccc1. The summed E-state index contributed by atoms with van der Waals surface area (Å²) in [6, 6.07) is 15.7. The van der Waals surface area contributed by atoms with Crippen molar-refractivity contribution in [1.29, 1.82) is 0 Å². The number of rotatable bonds is 6. The first kappa shape index (κ1) is 15.9. The molecule has 0 radical (unpaired) electrons. The minimum Gasteiger partial charge on any atom is -0.398 e. The molecular formula is C18H23N3O. The van der Waals surface area contributed by atoms with Crippen molar-refractivity contribution in [3.63, 3.8) is 0 Å². The van der Waals surface area contributed by atoms with Crippen molar-refractivity contribution in [1.82, 2.24) is 0 Å². The second-order valence-electron chi connectivity index (χ2n) is 5.43. The van der Waals surface area contributed by atoms with Gasteiger partial charge in [-0.1, -0.05) is 24.3 Å². The summed E-state index contributed by atoms with van der Waals surface area (Å²) in [5.74, 6) is 0.0233. The molecule has 0 heterocycles. The van der Waals surface area contributed by atoms with Gasteiger partial charge in [-0.15, -0.1) is 0 Å². The number of nitrogen functional groups attached to an aromatic ring is 1. The second kappa shape index (κ2) is 7.50. The molecule has 3 N–H and O–H groups in total. The Morgan fingerprint density at radius 1 is 1.14 bits per heavy atom. The number of carbonyl (C=O) groups excluding carboxylic acids is 1. The maximum absolute atomic E-state index is 12.0. The van der Waals surface area contributed by atoms with Crippen LogP contribution in [0.5, 0.6) is 0 Å². The van der Waals surface area contributed by atoms with Gasteiger partial charge in [-0.2, -0.15) is 0 Å². The number of amides is 1. The summed E-state index contributed by atoms with van der Waals surface area (Å²) in [5, 5.41) is 2.93. The van der Waals surface area contributed by atoms with Crippen LogP contribution in [0.1, 0.15) is 18.4 Å². The number of nitrogens with two attached hydrogens (primary N) is 1. The Balaban J connectivity index is 1.80. The zero-order valence-corrected chi connectivity index (χ0v) is 13.2. The van der Waals surface area contributed by atoms with E-state index >= 15 is 0 Å². The molecule has 0 unspecified atom stereocenters. The van der Waals surface area contributed by atoms with Gasteiger partial charge in [-0.05, 0) is 43.2 Å². The molecule has 1 amide bonds. The van der Waals surface area contributed by atoms with Crippen molar-refractivity contribution in [2.24, 2.45) is 0 Å². The minimum atomic E-state index is 0.0233. The van der Waals surface area contributed by atoms with Crippen molar-refractivity contribution in [3.05, 3.63) is 54.1 Å². The highest BCUT2D eigenvalue weighted by Gasteiger charge is 2.07. The smallest absolute Gasteiger partial charge is 0.224 e. The van der Waals surface area contributed by atoms with E-state index in [0.29, 0.717) is 12.1 Å². The number of nitrogens with one attached hydrogen (secondary N) is 1. The van der Waals surface area contributed by atoms with Crippen LogP contribution in [0.25, 0.3) is 0 Å². The van der Waals surface area contributed by atoms with Crippen molar-refractivity contribution in [2.45, 2.75) is 19.8 Å². The van der Waals surface area contributed by atoms with E-state index in [4.69, 9.17) is 5.73 Å². The van der Waals surface area contributed by atoms with Crippen LogP contribution < -0.4 is 16.0 Å². The van der Waals surface area contributed by atoms with Crippen molar-refractivity contribution < 1.29 is 4.79 Å². The van der Waals surface area contributed by atoms with Crippen LogP contribution in [-0.4, -0.2) is 19.5 Å². The van der Waals surface area contributed by atoms with Gasteiger partial charge < -0.3 is 16.0 Å². The van der Waals surface area contributed by atoms with Gasteiger partial charge in [0.15, 0.2) is 0 Å². The molecule has 4 heteroatoms. The molecule has 2 rings (SSSR count). The van der Waals surface area contributed by atoms with Crippen LogP contribution in [0.3, 0.4) is 0 Å². The average Bonchev–Trinajstić information content (AvgIpc) is 2.52. The molecule has 0 saturated carbocycles. The lowest BCUT2D eigenvalue weighted by molar-refractivity contribution is -0.116. The lowest BCUT2D eigenvalue weighted by Crippen LogP contribution is -2.20. The van der Waals surface area contributed by atoms with E-state index in [1.165, 1.54) is 0 Å². The summed E-state index contributed by atoms with van der Waals surface area (Å²) < 4.78 is 0. The van der Waals surface area contributed by atoms with Crippen LogP contribution in [0, 0.1) is 6.92 Å². The molecule has 2 aromatic rings. The molecule has 0 bridgehead atoms. The molecule has 0 aliphatic heterocycles. The largest absolute Gasteiger partial charge is 0.398 e. The van der Waals surface area contributed by atoms with E-state index in [1.807, 2.05) is 50.4 Å². The zero-order chi connectivity index (χ0) is 15.9. The summed E-state index contributed by atoms with van der Waals surface area (Å²) in [7, 11) is 2.04. The Bertz CT molecular complexity index is 625. The molecular weight excluding hydrogens is 274 g/mol. The Kier molecular flexibility index (Phi) is 5.42. The van der Waals surface area contributed by atoms with E-state index in [-0.39, 0.29) is 5.91 Å². The Labute approximate surface area is 131 Å². The summed E-state index contributed by atoms with van der Waals surface area (Å²) >= 11 is 0. The van der Waals surface area contributed by atoms with Crippen molar-refractivity contribution in [2.75, 3.05) is 29.5 Å². The maximum Gasteiger partial charge on any atom is 0.224 e. The Morgan fingerprint density at radius 2 is 1.86 bits per heavy atom. The van der Waals surface area contributed by atoms with Gasteiger partial charge in [0.25, 0.3) is 0 Å². The van der Waals surface area contributed by atoms with Crippen LogP contribution >= 0.6 is 0 Å². The number of benzene rings is 2. The molecule has 0 spiro atoms. The fourth-order valence-corrected chi connectivity index (χ4v) is 2.29. The van der Waals surface area contributed by atoms with Gasteiger partial charge in [0.1, 0.15) is 0 Å². The van der Waals surface area contributed by atoms with Gasteiger partial charge in [-0.25, -0.2) is 0 Å². The highest BCUT2D eigenvalue weighted by atomic mass is 16.1. The molecule has 0 atom stereocenters. The van der Waals surface area contributed by atoms with E-state index in [2.05, 4.69) is 22.3 Å². The lowest BCUT2D eigenvalue weighted by atomic mass is 10.1. The summed E-state index contributed by atoms with van der Waals surface area (Å²) in [4.78, 5) is 14.2. The average molecular weight is 297 g/mol. The fourth-order valence-electron chi connectivity index (χ4n) is 2.29. The number of hydrogen-bond acceptors (Lipinski definition) is 3. The standard InChI is InChI=1S/C18H23N3O/c1-14-16(19)10-6-11-17(14)20-18(22)12-7-13-21(2)15-8-4-3-5-9-15/h3-6,8-11H,7,12-13,19H2,1-2H3,(H,20,22). The Hall–Kier alpha value is -2.49. The normalized spacial score (nSPS) is 10.3. The third-order valence-electron chi connectivity index (χ3n) is 3.74. The van der Waals surface area contributed by atoms with Gasteiger partial charge in [-0.3, -0.25) is 4.79 Å². The van der Waals surface area contributed by atoms with Gasteiger partial charge in [0, 0.05) is 37.1 Å². The summed E-state index contributed by atoms with van der Waals surface area (Å²) in [6.07, 6.45) is 1.30. The van der Waals surface area contributed by atoms with Crippen molar-refractivity contribution in [3.8, 4) is 0 Å². The van der Waals surface area contributed by atoms with E-state index in [1.54, 1.807) is 0 Å². The first-order chi connectivity index (χ1) is 10.6. The van der Waals surface area contributed by atoms with Gasteiger partial charge in [0.2, 0.25) is 5.91 Å². The van der Waals surface area contributed by atoms with Crippen LogP contribution in [0.15, 0.2) is 48.5 Å². The molecule has 4 nitrogen and oxygen atoms in total. The van der Waals surface area contributed by atoms with Crippen LogP contribution in [0.2, 0.25) is 0 Å². The van der Waals surface area contributed by atoms with Crippen LogP contribution in [0.4, 0.5) is 17.1 Å². The predicted molar refractivity (Wildman–Crippen MR) is 93.2 cm³/mol. The molecule has 0 aliphatic rings. The highest BCUT2D eigenvalue weighted by molar-refractivity contribution is 5.92. The molecule has 22 heavy (non-hydrogen) atoms. The molecule has 0 aliphatic carbocycles. The van der Waals surface area contributed by atoms with Gasteiger partial charge in [0.05, 0.1) is 0 Å². The first-order valence-corrected chi connectivity index (χ1v) is 7.49. The Morgan fingerprint density at radius 3 is 2.59 bits per heavy atom. The zero-order valence-electron chi connectivity index (χ0n) is 13.2. The molecule has 0 fully saturated rings. The lowest BCUT2D eigenvalue weighted by Gasteiger charge is -2.19.